The molecule has 2 heterocycles. The van der Waals surface area contributed by atoms with E-state index in [1.165, 1.54) is 4.88 Å². The number of methoxy groups -OCH3 is 1. The average molecular weight is 280 g/mol. The van der Waals surface area contributed by atoms with E-state index in [1.54, 1.807) is 18.4 Å². The van der Waals surface area contributed by atoms with E-state index in [2.05, 4.69) is 22.3 Å². The molecule has 0 aliphatic carbocycles. The maximum atomic E-state index is 5.09. The predicted octanol–water partition coefficient (Wildman–Crippen LogP) is 2.52. The topological polar surface area (TPSA) is 52.0 Å². The zero-order valence-electron chi connectivity index (χ0n) is 11.9. The standard InChI is InChI=1S/C13H20N4OS/c1-9-13(10(2)17(16-9)5-6-18-4)15-8-12-7-14-11(3)19-12/h7,15H,5-6,8H2,1-4H3. The van der Waals surface area contributed by atoms with E-state index in [-0.39, 0.29) is 0 Å². The molecule has 2 aromatic rings. The van der Waals surface area contributed by atoms with Gasteiger partial charge in [0.15, 0.2) is 0 Å². The number of anilines is 1. The van der Waals surface area contributed by atoms with Crippen LogP contribution in [0.25, 0.3) is 0 Å². The molecule has 0 aliphatic heterocycles. The van der Waals surface area contributed by atoms with Crippen molar-refractivity contribution in [3.8, 4) is 0 Å². The van der Waals surface area contributed by atoms with Crippen LogP contribution in [0.5, 0.6) is 0 Å². The van der Waals surface area contributed by atoms with Crippen LogP contribution in [0.15, 0.2) is 6.20 Å². The number of aromatic nitrogens is 3. The first-order chi connectivity index (χ1) is 9.11. The Balaban J connectivity index is 2.05. The fourth-order valence-corrected chi connectivity index (χ4v) is 2.75. The van der Waals surface area contributed by atoms with E-state index in [4.69, 9.17) is 4.74 Å². The minimum Gasteiger partial charge on any atom is -0.383 e. The number of nitrogens with one attached hydrogen (secondary N) is 1. The van der Waals surface area contributed by atoms with E-state index in [0.717, 1.165) is 35.2 Å². The van der Waals surface area contributed by atoms with Gasteiger partial charge in [0.1, 0.15) is 0 Å². The first-order valence-electron chi connectivity index (χ1n) is 6.30. The summed E-state index contributed by atoms with van der Waals surface area (Å²) in [6.45, 7) is 8.38. The van der Waals surface area contributed by atoms with Crippen molar-refractivity contribution in [2.45, 2.75) is 33.9 Å². The number of aryl methyl sites for hydroxylation is 2. The minimum atomic E-state index is 0.676. The van der Waals surface area contributed by atoms with Crippen LogP contribution in [0.4, 0.5) is 5.69 Å². The van der Waals surface area contributed by atoms with Crippen molar-refractivity contribution in [2.24, 2.45) is 0 Å². The van der Waals surface area contributed by atoms with Crippen molar-refractivity contribution in [1.82, 2.24) is 14.8 Å². The smallest absolute Gasteiger partial charge is 0.0897 e. The molecule has 0 radical (unpaired) electrons. The molecular weight excluding hydrogens is 260 g/mol. The molecule has 0 aromatic carbocycles. The van der Waals surface area contributed by atoms with Crippen molar-refractivity contribution >= 4 is 17.0 Å². The zero-order chi connectivity index (χ0) is 13.8. The van der Waals surface area contributed by atoms with Gasteiger partial charge in [-0.25, -0.2) is 4.98 Å². The van der Waals surface area contributed by atoms with Gasteiger partial charge in [0.2, 0.25) is 0 Å². The summed E-state index contributed by atoms with van der Waals surface area (Å²) in [7, 11) is 1.71. The highest BCUT2D eigenvalue weighted by Crippen LogP contribution is 2.21. The van der Waals surface area contributed by atoms with E-state index in [0.29, 0.717) is 6.61 Å². The second-order valence-corrected chi connectivity index (χ2v) is 5.78. The molecule has 104 valence electrons. The third-order valence-electron chi connectivity index (χ3n) is 3.00. The predicted molar refractivity (Wildman–Crippen MR) is 77.8 cm³/mol. The van der Waals surface area contributed by atoms with E-state index in [9.17, 15) is 0 Å². The van der Waals surface area contributed by atoms with Crippen LogP contribution in [0.3, 0.4) is 0 Å². The summed E-state index contributed by atoms with van der Waals surface area (Å²) in [4.78, 5) is 5.50. The van der Waals surface area contributed by atoms with Gasteiger partial charge in [-0.2, -0.15) is 5.10 Å². The van der Waals surface area contributed by atoms with Crippen LogP contribution < -0.4 is 5.32 Å². The van der Waals surface area contributed by atoms with Gasteiger partial charge in [0.25, 0.3) is 0 Å². The monoisotopic (exact) mass is 280 g/mol. The molecule has 0 fully saturated rings. The molecule has 2 rings (SSSR count). The van der Waals surface area contributed by atoms with Gasteiger partial charge < -0.3 is 10.1 Å². The van der Waals surface area contributed by atoms with Gasteiger partial charge in [0, 0.05) is 18.2 Å². The van der Waals surface area contributed by atoms with Gasteiger partial charge in [-0.05, 0) is 20.8 Å². The lowest BCUT2D eigenvalue weighted by atomic mass is 10.3. The molecule has 0 bridgehead atoms. The molecule has 6 heteroatoms. The fraction of sp³-hybridized carbons (Fsp3) is 0.538. The Morgan fingerprint density at radius 3 is 2.79 bits per heavy atom. The highest BCUT2D eigenvalue weighted by atomic mass is 32.1. The lowest BCUT2D eigenvalue weighted by molar-refractivity contribution is 0.182. The van der Waals surface area contributed by atoms with Crippen LogP contribution >= 0.6 is 11.3 Å². The van der Waals surface area contributed by atoms with E-state index < -0.39 is 0 Å². The maximum absolute atomic E-state index is 5.09. The van der Waals surface area contributed by atoms with Gasteiger partial charge >= 0.3 is 0 Å². The van der Waals surface area contributed by atoms with Gasteiger partial charge in [-0.3, -0.25) is 4.68 Å². The summed E-state index contributed by atoms with van der Waals surface area (Å²) in [5, 5.41) is 9.08. The maximum Gasteiger partial charge on any atom is 0.0897 e. The number of nitrogens with zero attached hydrogens (tertiary/aromatic N) is 3. The molecule has 0 unspecified atom stereocenters. The van der Waals surface area contributed by atoms with Gasteiger partial charge in [-0.1, -0.05) is 0 Å². The summed E-state index contributed by atoms with van der Waals surface area (Å²) in [5.74, 6) is 0. The highest BCUT2D eigenvalue weighted by Gasteiger charge is 2.11. The van der Waals surface area contributed by atoms with Crippen molar-refractivity contribution < 1.29 is 4.74 Å². The molecule has 0 spiro atoms. The van der Waals surface area contributed by atoms with Crippen LogP contribution in [0.2, 0.25) is 0 Å². The lowest BCUT2D eigenvalue weighted by Gasteiger charge is -2.06. The SMILES string of the molecule is COCCn1nc(C)c(NCc2cnc(C)s2)c1C. The molecule has 1 N–H and O–H groups in total. The Hall–Kier alpha value is -1.40. The fourth-order valence-electron chi connectivity index (χ4n) is 2.01. The summed E-state index contributed by atoms with van der Waals surface area (Å²) >= 11 is 1.72. The minimum absolute atomic E-state index is 0.676. The Bertz CT molecular complexity index is 547. The summed E-state index contributed by atoms with van der Waals surface area (Å²) < 4.78 is 7.08. The van der Waals surface area contributed by atoms with Crippen LogP contribution in [0, 0.1) is 20.8 Å². The van der Waals surface area contributed by atoms with Crippen molar-refractivity contribution in [1.29, 1.82) is 0 Å². The van der Waals surface area contributed by atoms with Crippen molar-refractivity contribution in [3.05, 3.63) is 27.5 Å². The number of hydrogen-bond acceptors (Lipinski definition) is 5. The number of thiazole rings is 1. The normalized spacial score (nSPS) is 10.9. The number of ether oxygens (including phenoxy) is 1. The molecular formula is C13H20N4OS. The van der Waals surface area contributed by atoms with Crippen molar-refractivity contribution in [3.63, 3.8) is 0 Å². The summed E-state index contributed by atoms with van der Waals surface area (Å²) in [6, 6.07) is 0. The van der Waals surface area contributed by atoms with E-state index >= 15 is 0 Å². The van der Waals surface area contributed by atoms with Gasteiger partial charge in [-0.15, -0.1) is 11.3 Å². The lowest BCUT2D eigenvalue weighted by Crippen LogP contribution is -2.08. The third kappa shape index (κ3) is 3.33. The van der Waals surface area contributed by atoms with Crippen molar-refractivity contribution in [2.75, 3.05) is 19.0 Å². The molecule has 5 nitrogen and oxygen atoms in total. The molecule has 0 atom stereocenters. The Morgan fingerprint density at radius 1 is 1.37 bits per heavy atom. The molecule has 0 amide bonds. The Kier molecular flexibility index (Phi) is 4.55. The highest BCUT2D eigenvalue weighted by molar-refractivity contribution is 7.11. The quantitative estimate of drug-likeness (QED) is 0.883. The van der Waals surface area contributed by atoms with Crippen LogP contribution in [-0.2, 0) is 17.8 Å². The summed E-state index contributed by atoms with van der Waals surface area (Å²) in [6.07, 6.45) is 1.92. The van der Waals surface area contributed by atoms with Crippen LogP contribution in [0.1, 0.15) is 21.3 Å². The average Bonchev–Trinajstić information content (AvgIpc) is 2.90. The Labute approximate surface area is 117 Å². The zero-order valence-corrected chi connectivity index (χ0v) is 12.7. The number of rotatable bonds is 6. The van der Waals surface area contributed by atoms with Gasteiger partial charge in [0.05, 0.1) is 41.8 Å². The number of hydrogen-bond donors (Lipinski definition) is 1. The summed E-state index contributed by atoms with van der Waals surface area (Å²) in [5.41, 5.74) is 3.28. The van der Waals surface area contributed by atoms with Crippen LogP contribution in [-0.4, -0.2) is 28.5 Å². The molecule has 0 saturated heterocycles. The Morgan fingerprint density at radius 2 is 2.16 bits per heavy atom. The second-order valence-electron chi connectivity index (χ2n) is 4.46. The molecule has 2 aromatic heterocycles. The van der Waals surface area contributed by atoms with E-state index in [1.807, 2.05) is 24.7 Å². The molecule has 0 saturated carbocycles. The second kappa shape index (κ2) is 6.16. The first-order valence-corrected chi connectivity index (χ1v) is 7.11. The molecule has 19 heavy (non-hydrogen) atoms. The third-order valence-corrected chi connectivity index (χ3v) is 3.91. The molecule has 0 aliphatic rings. The largest absolute Gasteiger partial charge is 0.383 e. The first kappa shape index (κ1) is 14.0.